The van der Waals surface area contributed by atoms with Gasteiger partial charge in [0, 0.05) is 11.8 Å². The number of carboxylic acids is 1. The first kappa shape index (κ1) is 13.0. The van der Waals surface area contributed by atoms with Crippen LogP contribution in [-0.4, -0.2) is 26.2 Å². The monoisotopic (exact) mass is 285 g/mol. The molecular formula is C10H11N3O3S2. The van der Waals surface area contributed by atoms with E-state index in [1.165, 1.54) is 23.1 Å². The second-order valence-corrected chi connectivity index (χ2v) is 5.50. The molecule has 0 spiro atoms. The lowest BCUT2D eigenvalue weighted by Crippen LogP contribution is -1.99. The summed E-state index contributed by atoms with van der Waals surface area (Å²) in [5.74, 6) is 0.928. The van der Waals surface area contributed by atoms with Gasteiger partial charge in [0.1, 0.15) is 0 Å². The quantitative estimate of drug-likeness (QED) is 0.812. The van der Waals surface area contributed by atoms with Gasteiger partial charge in [0.25, 0.3) is 0 Å². The Hall–Kier alpha value is -1.41. The topological polar surface area (TPSA) is 89.1 Å². The van der Waals surface area contributed by atoms with Gasteiger partial charge in [0.2, 0.25) is 5.89 Å². The van der Waals surface area contributed by atoms with Crippen LogP contribution in [0.1, 0.15) is 24.3 Å². The SMILES string of the molecule is CCc1noc(CSc2nc(CC(=O)O)cs2)n1. The highest BCUT2D eigenvalue weighted by atomic mass is 32.2. The number of aromatic nitrogens is 3. The van der Waals surface area contributed by atoms with Crippen molar-refractivity contribution in [3.63, 3.8) is 0 Å². The van der Waals surface area contributed by atoms with Crippen molar-refractivity contribution in [3.05, 3.63) is 22.8 Å². The van der Waals surface area contributed by atoms with Crippen molar-refractivity contribution >= 4 is 29.1 Å². The molecule has 0 atom stereocenters. The number of hydrogen-bond donors (Lipinski definition) is 1. The number of aliphatic carboxylic acids is 1. The minimum atomic E-state index is -0.874. The van der Waals surface area contributed by atoms with E-state index in [2.05, 4.69) is 15.1 Å². The second-order valence-electron chi connectivity index (χ2n) is 3.42. The zero-order valence-electron chi connectivity index (χ0n) is 9.62. The zero-order chi connectivity index (χ0) is 13.0. The molecular weight excluding hydrogens is 274 g/mol. The number of thioether (sulfide) groups is 1. The number of thiazole rings is 1. The summed E-state index contributed by atoms with van der Waals surface area (Å²) in [5.41, 5.74) is 0.578. The minimum absolute atomic E-state index is 0.0440. The fourth-order valence-corrected chi connectivity index (χ4v) is 2.89. The first-order chi connectivity index (χ1) is 8.67. The molecule has 0 fully saturated rings. The highest BCUT2D eigenvalue weighted by molar-refractivity contribution is 8.00. The molecule has 2 aromatic rings. The molecule has 2 aromatic heterocycles. The molecule has 0 radical (unpaired) electrons. The molecule has 0 aliphatic rings. The van der Waals surface area contributed by atoms with Crippen LogP contribution in [0.3, 0.4) is 0 Å². The van der Waals surface area contributed by atoms with Gasteiger partial charge in [-0.25, -0.2) is 4.98 Å². The lowest BCUT2D eigenvalue weighted by atomic mass is 10.3. The summed E-state index contributed by atoms with van der Waals surface area (Å²) in [7, 11) is 0. The average Bonchev–Trinajstić information content (AvgIpc) is 2.94. The summed E-state index contributed by atoms with van der Waals surface area (Å²) in [6, 6.07) is 0. The molecule has 1 N–H and O–H groups in total. The van der Waals surface area contributed by atoms with Gasteiger partial charge in [0.05, 0.1) is 17.9 Å². The predicted molar refractivity (Wildman–Crippen MR) is 66.7 cm³/mol. The van der Waals surface area contributed by atoms with Gasteiger partial charge in [-0.3, -0.25) is 4.79 Å². The Labute approximate surface area is 111 Å². The van der Waals surface area contributed by atoms with E-state index in [1.807, 2.05) is 6.92 Å². The van der Waals surface area contributed by atoms with Gasteiger partial charge in [-0.15, -0.1) is 11.3 Å². The Morgan fingerprint density at radius 2 is 2.39 bits per heavy atom. The normalized spacial score (nSPS) is 10.7. The standard InChI is InChI=1S/C10H11N3O3S2/c1-2-7-12-8(16-13-7)5-18-10-11-6(4-17-10)3-9(14)15/h4H,2-3,5H2,1H3,(H,14,15). The van der Waals surface area contributed by atoms with Crippen LogP contribution < -0.4 is 0 Å². The van der Waals surface area contributed by atoms with Crippen molar-refractivity contribution in [3.8, 4) is 0 Å². The predicted octanol–water partition coefficient (Wildman–Crippen LogP) is 2.01. The fraction of sp³-hybridized carbons (Fsp3) is 0.400. The zero-order valence-corrected chi connectivity index (χ0v) is 11.3. The average molecular weight is 285 g/mol. The maximum Gasteiger partial charge on any atom is 0.309 e. The maximum atomic E-state index is 10.5. The Morgan fingerprint density at radius 1 is 1.56 bits per heavy atom. The van der Waals surface area contributed by atoms with Gasteiger partial charge in [-0.1, -0.05) is 23.8 Å². The van der Waals surface area contributed by atoms with Crippen LogP contribution in [0.4, 0.5) is 0 Å². The number of rotatable bonds is 6. The number of carbonyl (C=O) groups is 1. The summed E-state index contributed by atoms with van der Waals surface area (Å²) in [6.45, 7) is 1.96. The largest absolute Gasteiger partial charge is 0.481 e. The third-order valence-corrected chi connectivity index (χ3v) is 4.06. The molecule has 0 aliphatic heterocycles. The fourth-order valence-electron chi connectivity index (χ4n) is 1.21. The van der Waals surface area contributed by atoms with Gasteiger partial charge in [-0.05, 0) is 0 Å². The van der Waals surface area contributed by atoms with Crippen molar-refractivity contribution in [2.45, 2.75) is 29.9 Å². The van der Waals surface area contributed by atoms with Gasteiger partial charge < -0.3 is 9.63 Å². The van der Waals surface area contributed by atoms with Crippen LogP contribution >= 0.6 is 23.1 Å². The molecule has 6 nitrogen and oxygen atoms in total. The molecule has 8 heteroatoms. The van der Waals surface area contributed by atoms with E-state index in [0.29, 0.717) is 23.2 Å². The number of carboxylic acid groups (broad SMARTS) is 1. The summed E-state index contributed by atoms with van der Waals surface area (Å²) in [6.07, 6.45) is 0.700. The van der Waals surface area contributed by atoms with Gasteiger partial charge >= 0.3 is 5.97 Å². The molecule has 0 aliphatic carbocycles. The highest BCUT2D eigenvalue weighted by Gasteiger charge is 2.09. The molecule has 0 amide bonds. The van der Waals surface area contributed by atoms with Crippen LogP contribution in [0.25, 0.3) is 0 Å². The molecule has 0 saturated heterocycles. The summed E-state index contributed by atoms with van der Waals surface area (Å²) >= 11 is 2.89. The number of hydrogen-bond acceptors (Lipinski definition) is 7. The van der Waals surface area contributed by atoms with Crippen LogP contribution in [0.5, 0.6) is 0 Å². The van der Waals surface area contributed by atoms with Crippen LogP contribution in [0.2, 0.25) is 0 Å². The van der Waals surface area contributed by atoms with E-state index in [4.69, 9.17) is 9.63 Å². The summed E-state index contributed by atoms with van der Waals surface area (Å²) < 4.78 is 5.86. The number of aryl methyl sites for hydroxylation is 1. The smallest absolute Gasteiger partial charge is 0.309 e. The molecule has 0 saturated carbocycles. The third kappa shape index (κ3) is 3.54. The molecule has 2 heterocycles. The van der Waals surface area contributed by atoms with Crippen molar-refractivity contribution < 1.29 is 14.4 Å². The van der Waals surface area contributed by atoms with Crippen LogP contribution in [-0.2, 0) is 23.4 Å². The Bertz CT molecular complexity index is 538. The first-order valence-electron chi connectivity index (χ1n) is 5.28. The van der Waals surface area contributed by atoms with E-state index >= 15 is 0 Å². The van der Waals surface area contributed by atoms with Crippen molar-refractivity contribution in [2.24, 2.45) is 0 Å². The summed E-state index contributed by atoms with van der Waals surface area (Å²) in [4.78, 5) is 18.9. The van der Waals surface area contributed by atoms with Crippen molar-refractivity contribution in [1.82, 2.24) is 15.1 Å². The lowest BCUT2D eigenvalue weighted by molar-refractivity contribution is -0.136. The van der Waals surface area contributed by atoms with Crippen molar-refractivity contribution in [1.29, 1.82) is 0 Å². The van der Waals surface area contributed by atoms with Gasteiger partial charge in [0.15, 0.2) is 10.2 Å². The third-order valence-electron chi connectivity index (χ3n) is 2.01. The maximum absolute atomic E-state index is 10.5. The first-order valence-corrected chi connectivity index (χ1v) is 7.14. The Kier molecular flexibility index (Phi) is 4.32. The van der Waals surface area contributed by atoms with E-state index in [-0.39, 0.29) is 6.42 Å². The van der Waals surface area contributed by atoms with Crippen molar-refractivity contribution in [2.75, 3.05) is 0 Å². The van der Waals surface area contributed by atoms with E-state index in [0.717, 1.165) is 10.8 Å². The van der Waals surface area contributed by atoms with E-state index < -0.39 is 5.97 Å². The van der Waals surface area contributed by atoms with Gasteiger partial charge in [-0.2, -0.15) is 4.98 Å². The van der Waals surface area contributed by atoms with Crippen LogP contribution in [0.15, 0.2) is 14.2 Å². The lowest BCUT2D eigenvalue weighted by Gasteiger charge is -1.91. The van der Waals surface area contributed by atoms with E-state index in [1.54, 1.807) is 5.38 Å². The second kappa shape index (κ2) is 5.96. The Balaban J connectivity index is 1.89. The molecule has 18 heavy (non-hydrogen) atoms. The van der Waals surface area contributed by atoms with E-state index in [9.17, 15) is 4.79 Å². The Morgan fingerprint density at radius 3 is 3.06 bits per heavy atom. The molecule has 96 valence electrons. The number of nitrogens with zero attached hydrogens (tertiary/aromatic N) is 3. The molecule has 0 unspecified atom stereocenters. The molecule has 0 bridgehead atoms. The van der Waals surface area contributed by atoms with Crippen LogP contribution in [0, 0.1) is 0 Å². The molecule has 2 rings (SSSR count). The minimum Gasteiger partial charge on any atom is -0.481 e. The highest BCUT2D eigenvalue weighted by Crippen LogP contribution is 2.25. The molecule has 0 aromatic carbocycles. The summed E-state index contributed by atoms with van der Waals surface area (Å²) in [5, 5.41) is 14.2.